The zero-order valence-corrected chi connectivity index (χ0v) is 13.1. The van der Waals surface area contributed by atoms with Gasteiger partial charge in [0.1, 0.15) is 5.25 Å². The van der Waals surface area contributed by atoms with Crippen LogP contribution in [0.15, 0.2) is 21.2 Å². The van der Waals surface area contributed by atoms with Crippen molar-refractivity contribution >= 4 is 45.5 Å². The fourth-order valence-corrected chi connectivity index (χ4v) is 4.06. The molecule has 5 nitrogen and oxygen atoms in total. The molecule has 2 aromatic heterocycles. The van der Waals surface area contributed by atoms with Crippen LogP contribution in [0.4, 0.5) is 5.13 Å². The quantitative estimate of drug-likeness (QED) is 0.624. The van der Waals surface area contributed by atoms with Crippen molar-refractivity contribution in [2.75, 3.05) is 26.1 Å². The number of rotatable bonds is 5. The summed E-state index contributed by atoms with van der Waals surface area (Å²) in [6, 6.07) is 1.92. The molecule has 0 aromatic carbocycles. The number of methoxy groups -OCH3 is 1. The molecule has 0 saturated heterocycles. The number of aromatic nitrogens is 2. The summed E-state index contributed by atoms with van der Waals surface area (Å²) in [6.45, 7) is 0. The van der Waals surface area contributed by atoms with Crippen molar-refractivity contribution < 1.29 is 9.53 Å². The molecule has 0 N–H and O–H groups in total. The maximum absolute atomic E-state index is 11.9. The minimum absolute atomic E-state index is 0.273. The van der Waals surface area contributed by atoms with Crippen LogP contribution in [0.1, 0.15) is 10.8 Å². The summed E-state index contributed by atoms with van der Waals surface area (Å²) in [7, 11) is 5.21. The number of esters is 1. The van der Waals surface area contributed by atoms with Crippen molar-refractivity contribution in [3.63, 3.8) is 0 Å². The van der Waals surface area contributed by atoms with Crippen molar-refractivity contribution in [3.8, 4) is 0 Å². The van der Waals surface area contributed by atoms with E-state index in [0.717, 1.165) is 15.0 Å². The maximum Gasteiger partial charge on any atom is 0.323 e. The van der Waals surface area contributed by atoms with Gasteiger partial charge in [-0.1, -0.05) is 23.1 Å². The van der Waals surface area contributed by atoms with Gasteiger partial charge in [-0.2, -0.15) is 11.3 Å². The largest absolute Gasteiger partial charge is 0.468 e. The highest BCUT2D eigenvalue weighted by atomic mass is 32.2. The van der Waals surface area contributed by atoms with Crippen LogP contribution >= 0.6 is 34.4 Å². The van der Waals surface area contributed by atoms with Crippen LogP contribution < -0.4 is 4.90 Å². The van der Waals surface area contributed by atoms with Gasteiger partial charge in [-0.25, -0.2) is 0 Å². The van der Waals surface area contributed by atoms with E-state index in [1.165, 1.54) is 30.2 Å². The number of thiophene rings is 1. The molecule has 1 unspecified atom stereocenters. The van der Waals surface area contributed by atoms with Crippen molar-refractivity contribution in [2.24, 2.45) is 0 Å². The Kier molecular flexibility index (Phi) is 4.78. The number of carbonyl (C=O) groups is 1. The molecule has 0 bridgehead atoms. The first kappa shape index (κ1) is 14.3. The molecule has 0 aliphatic rings. The molecular weight excluding hydrogens is 302 g/mol. The molecule has 102 valence electrons. The lowest BCUT2D eigenvalue weighted by atomic mass is 10.2. The Bertz CT molecular complexity index is 539. The van der Waals surface area contributed by atoms with Crippen LogP contribution in [-0.4, -0.2) is 37.4 Å². The lowest BCUT2D eigenvalue weighted by molar-refractivity contribution is -0.140. The number of hydrogen-bond donors (Lipinski definition) is 0. The van der Waals surface area contributed by atoms with E-state index in [9.17, 15) is 4.79 Å². The SMILES string of the molecule is COC(=O)C(Sc1nnc(N(C)C)s1)c1ccsc1. The second kappa shape index (κ2) is 6.36. The highest BCUT2D eigenvalue weighted by Crippen LogP contribution is 2.39. The van der Waals surface area contributed by atoms with E-state index < -0.39 is 0 Å². The third-order valence-electron chi connectivity index (χ3n) is 2.26. The van der Waals surface area contributed by atoms with Gasteiger partial charge in [0.25, 0.3) is 0 Å². The van der Waals surface area contributed by atoms with Gasteiger partial charge in [-0.15, -0.1) is 10.2 Å². The Morgan fingerprint density at radius 3 is 2.79 bits per heavy atom. The molecule has 2 rings (SSSR count). The van der Waals surface area contributed by atoms with Gasteiger partial charge >= 0.3 is 5.97 Å². The first-order chi connectivity index (χ1) is 9.11. The Morgan fingerprint density at radius 2 is 2.26 bits per heavy atom. The Hall–Kier alpha value is -1.12. The van der Waals surface area contributed by atoms with Crippen LogP contribution in [0.3, 0.4) is 0 Å². The molecule has 2 heterocycles. The molecule has 0 aliphatic heterocycles. The van der Waals surface area contributed by atoms with Gasteiger partial charge in [0.15, 0.2) is 4.34 Å². The van der Waals surface area contributed by atoms with Crippen molar-refractivity contribution in [2.45, 2.75) is 9.59 Å². The van der Waals surface area contributed by atoms with Gasteiger partial charge in [-0.05, 0) is 22.4 Å². The number of carbonyl (C=O) groups excluding carboxylic acids is 1. The zero-order valence-electron chi connectivity index (χ0n) is 10.7. The summed E-state index contributed by atoms with van der Waals surface area (Å²) >= 11 is 4.38. The Balaban J connectivity index is 2.18. The molecule has 1 atom stereocenters. The summed E-state index contributed by atoms with van der Waals surface area (Å²) in [4.78, 5) is 13.8. The molecule has 0 spiro atoms. The first-order valence-corrected chi connectivity index (χ1v) is 8.03. The predicted octanol–water partition coefficient (Wildman–Crippen LogP) is 2.67. The molecule has 8 heteroatoms. The Labute approximate surface area is 123 Å². The normalized spacial score (nSPS) is 12.2. The van der Waals surface area contributed by atoms with Gasteiger partial charge in [0.2, 0.25) is 5.13 Å². The molecule has 19 heavy (non-hydrogen) atoms. The zero-order chi connectivity index (χ0) is 13.8. The van der Waals surface area contributed by atoms with Crippen LogP contribution in [0.25, 0.3) is 0 Å². The molecule has 0 radical (unpaired) electrons. The highest BCUT2D eigenvalue weighted by molar-refractivity contribution is 8.01. The number of anilines is 1. The minimum atomic E-state index is -0.390. The number of thioether (sulfide) groups is 1. The lowest BCUT2D eigenvalue weighted by Gasteiger charge is -2.10. The molecule has 2 aromatic rings. The fraction of sp³-hybridized carbons (Fsp3) is 0.364. The van der Waals surface area contributed by atoms with E-state index in [-0.39, 0.29) is 11.2 Å². The smallest absolute Gasteiger partial charge is 0.323 e. The van der Waals surface area contributed by atoms with Gasteiger partial charge in [0, 0.05) is 14.1 Å². The van der Waals surface area contributed by atoms with Crippen LogP contribution in [0.2, 0.25) is 0 Å². The summed E-state index contributed by atoms with van der Waals surface area (Å²) in [5, 5.41) is 12.5. The van der Waals surface area contributed by atoms with Gasteiger partial charge in [-0.3, -0.25) is 4.79 Å². The summed E-state index contributed by atoms with van der Waals surface area (Å²) in [6.07, 6.45) is 0. The number of hydrogen-bond acceptors (Lipinski definition) is 8. The second-order valence-corrected chi connectivity index (χ2v) is 6.91. The minimum Gasteiger partial charge on any atom is -0.468 e. The van der Waals surface area contributed by atoms with E-state index in [1.54, 1.807) is 11.3 Å². The van der Waals surface area contributed by atoms with Crippen LogP contribution in [0, 0.1) is 0 Å². The molecule has 0 fully saturated rings. The molecule has 0 saturated carbocycles. The van der Waals surface area contributed by atoms with E-state index >= 15 is 0 Å². The fourth-order valence-electron chi connectivity index (χ4n) is 1.32. The first-order valence-electron chi connectivity index (χ1n) is 5.39. The topological polar surface area (TPSA) is 55.3 Å². The van der Waals surface area contributed by atoms with Crippen molar-refractivity contribution in [3.05, 3.63) is 22.4 Å². The maximum atomic E-state index is 11.9. The van der Waals surface area contributed by atoms with Crippen LogP contribution in [0.5, 0.6) is 0 Å². The van der Waals surface area contributed by atoms with E-state index in [1.807, 2.05) is 35.8 Å². The average molecular weight is 315 g/mol. The number of ether oxygens (including phenoxy) is 1. The van der Waals surface area contributed by atoms with E-state index in [0.29, 0.717) is 0 Å². The molecular formula is C11H13N3O2S3. The standard InChI is InChI=1S/C11H13N3O2S3/c1-14(2)10-12-13-11(19-10)18-8(9(15)16-3)7-4-5-17-6-7/h4-6,8H,1-3H3. The van der Waals surface area contributed by atoms with E-state index in [4.69, 9.17) is 4.74 Å². The second-order valence-electron chi connectivity index (χ2n) is 3.82. The summed E-state index contributed by atoms with van der Waals surface area (Å²) in [5.41, 5.74) is 0.934. The van der Waals surface area contributed by atoms with Gasteiger partial charge < -0.3 is 9.64 Å². The summed E-state index contributed by atoms with van der Waals surface area (Å²) in [5.74, 6) is -0.273. The van der Waals surface area contributed by atoms with Gasteiger partial charge in [0.05, 0.1) is 7.11 Å². The Morgan fingerprint density at radius 1 is 1.47 bits per heavy atom. The summed E-state index contributed by atoms with van der Waals surface area (Å²) < 4.78 is 5.61. The third kappa shape index (κ3) is 3.46. The monoisotopic (exact) mass is 315 g/mol. The predicted molar refractivity (Wildman–Crippen MR) is 79.2 cm³/mol. The third-order valence-corrected chi connectivity index (χ3v) is 5.37. The molecule has 0 aliphatic carbocycles. The van der Waals surface area contributed by atoms with Crippen molar-refractivity contribution in [1.29, 1.82) is 0 Å². The lowest BCUT2D eigenvalue weighted by Crippen LogP contribution is -2.10. The van der Waals surface area contributed by atoms with E-state index in [2.05, 4.69) is 10.2 Å². The highest BCUT2D eigenvalue weighted by Gasteiger charge is 2.25. The average Bonchev–Trinajstić information content (AvgIpc) is 3.05. The van der Waals surface area contributed by atoms with Crippen molar-refractivity contribution in [1.82, 2.24) is 10.2 Å². The molecule has 0 amide bonds. The number of nitrogens with zero attached hydrogens (tertiary/aromatic N) is 3. The van der Waals surface area contributed by atoms with Crippen LogP contribution in [-0.2, 0) is 9.53 Å².